The summed E-state index contributed by atoms with van der Waals surface area (Å²) in [5.41, 5.74) is 7.37. The summed E-state index contributed by atoms with van der Waals surface area (Å²) < 4.78 is 5.26. The second-order valence-electron chi connectivity index (χ2n) is 3.93. The molecule has 0 bridgehead atoms. The maximum Gasteiger partial charge on any atom is 0.173 e. The highest BCUT2D eigenvalue weighted by molar-refractivity contribution is 7.98. The molecule has 0 saturated carbocycles. The smallest absolute Gasteiger partial charge is 0.173 e. The molecule has 5 heteroatoms. The SMILES string of the molecule is CCCCSCc1ccc(/C(N)=N/O)c(OC)c1. The Labute approximate surface area is 112 Å². The van der Waals surface area contributed by atoms with E-state index in [-0.39, 0.29) is 5.84 Å². The lowest BCUT2D eigenvalue weighted by molar-refractivity contribution is 0.318. The fourth-order valence-electron chi connectivity index (χ4n) is 1.53. The number of unbranched alkanes of at least 4 members (excludes halogenated alkanes) is 1. The molecule has 0 aromatic heterocycles. The van der Waals surface area contributed by atoms with Crippen LogP contribution in [0.5, 0.6) is 5.75 Å². The van der Waals surface area contributed by atoms with E-state index < -0.39 is 0 Å². The van der Waals surface area contributed by atoms with E-state index in [9.17, 15) is 0 Å². The number of nitrogens with two attached hydrogens (primary N) is 1. The van der Waals surface area contributed by atoms with Crippen LogP contribution in [0.2, 0.25) is 0 Å². The number of rotatable bonds is 7. The third-order valence-corrected chi connectivity index (χ3v) is 3.68. The second kappa shape index (κ2) is 7.87. The van der Waals surface area contributed by atoms with Crippen molar-refractivity contribution >= 4 is 17.6 Å². The van der Waals surface area contributed by atoms with Crippen molar-refractivity contribution in [1.82, 2.24) is 0 Å². The van der Waals surface area contributed by atoms with E-state index in [1.54, 1.807) is 7.11 Å². The van der Waals surface area contributed by atoms with Crippen molar-refractivity contribution in [2.75, 3.05) is 12.9 Å². The lowest BCUT2D eigenvalue weighted by Crippen LogP contribution is -2.14. The van der Waals surface area contributed by atoms with Gasteiger partial charge in [-0.3, -0.25) is 0 Å². The molecule has 4 nitrogen and oxygen atoms in total. The molecule has 1 rings (SSSR count). The van der Waals surface area contributed by atoms with Gasteiger partial charge in [0, 0.05) is 5.75 Å². The van der Waals surface area contributed by atoms with Crippen molar-refractivity contribution in [3.63, 3.8) is 0 Å². The van der Waals surface area contributed by atoms with Crippen molar-refractivity contribution in [3.8, 4) is 5.75 Å². The van der Waals surface area contributed by atoms with Gasteiger partial charge in [0.05, 0.1) is 12.7 Å². The summed E-state index contributed by atoms with van der Waals surface area (Å²) in [4.78, 5) is 0. The largest absolute Gasteiger partial charge is 0.496 e. The maximum atomic E-state index is 8.68. The second-order valence-corrected chi connectivity index (χ2v) is 5.03. The Bertz CT molecular complexity index is 408. The highest BCUT2D eigenvalue weighted by atomic mass is 32.2. The van der Waals surface area contributed by atoms with Crippen LogP contribution >= 0.6 is 11.8 Å². The molecule has 18 heavy (non-hydrogen) atoms. The lowest BCUT2D eigenvalue weighted by atomic mass is 10.1. The van der Waals surface area contributed by atoms with Crippen molar-refractivity contribution < 1.29 is 9.94 Å². The Balaban J connectivity index is 2.73. The number of thioether (sulfide) groups is 1. The van der Waals surface area contributed by atoms with Gasteiger partial charge >= 0.3 is 0 Å². The third kappa shape index (κ3) is 4.14. The van der Waals surface area contributed by atoms with Crippen LogP contribution in [0.25, 0.3) is 0 Å². The Kier molecular flexibility index (Phi) is 6.43. The lowest BCUT2D eigenvalue weighted by Gasteiger charge is -2.09. The predicted molar refractivity (Wildman–Crippen MR) is 76.6 cm³/mol. The molecule has 0 spiro atoms. The molecule has 0 aliphatic heterocycles. The number of methoxy groups -OCH3 is 1. The Hall–Kier alpha value is -1.36. The predicted octanol–water partition coefficient (Wildman–Crippen LogP) is 2.82. The van der Waals surface area contributed by atoms with E-state index in [1.807, 2.05) is 30.0 Å². The Morgan fingerprint density at radius 2 is 2.28 bits per heavy atom. The first kappa shape index (κ1) is 14.7. The first-order chi connectivity index (χ1) is 8.72. The number of benzene rings is 1. The molecule has 0 fully saturated rings. The molecule has 0 radical (unpaired) electrons. The van der Waals surface area contributed by atoms with Crippen molar-refractivity contribution in [3.05, 3.63) is 29.3 Å². The van der Waals surface area contributed by atoms with Crippen LogP contribution < -0.4 is 10.5 Å². The van der Waals surface area contributed by atoms with Crippen molar-refractivity contribution in [2.45, 2.75) is 25.5 Å². The number of ether oxygens (including phenoxy) is 1. The first-order valence-electron chi connectivity index (χ1n) is 5.95. The fourth-order valence-corrected chi connectivity index (χ4v) is 2.58. The van der Waals surface area contributed by atoms with Crippen LogP contribution in [0, 0.1) is 0 Å². The van der Waals surface area contributed by atoms with E-state index in [1.165, 1.54) is 24.2 Å². The number of hydrogen-bond donors (Lipinski definition) is 2. The molecule has 0 atom stereocenters. The monoisotopic (exact) mass is 268 g/mol. The van der Waals surface area contributed by atoms with E-state index >= 15 is 0 Å². The van der Waals surface area contributed by atoms with Gasteiger partial charge in [0.1, 0.15) is 5.75 Å². The molecule has 100 valence electrons. The van der Waals surface area contributed by atoms with Gasteiger partial charge in [-0.1, -0.05) is 24.6 Å². The van der Waals surface area contributed by atoms with Gasteiger partial charge in [0.15, 0.2) is 5.84 Å². The summed E-state index contributed by atoms with van der Waals surface area (Å²) >= 11 is 1.90. The van der Waals surface area contributed by atoms with E-state index in [2.05, 4.69) is 12.1 Å². The van der Waals surface area contributed by atoms with Crippen molar-refractivity contribution in [1.29, 1.82) is 0 Å². The zero-order valence-electron chi connectivity index (χ0n) is 10.8. The number of oxime groups is 1. The molecule has 1 aromatic carbocycles. The Morgan fingerprint density at radius 1 is 1.50 bits per heavy atom. The molecule has 3 N–H and O–H groups in total. The normalized spacial score (nSPS) is 11.6. The molecule has 0 aliphatic rings. The van der Waals surface area contributed by atoms with Crippen LogP contribution in [0.1, 0.15) is 30.9 Å². The minimum Gasteiger partial charge on any atom is -0.496 e. The van der Waals surface area contributed by atoms with E-state index in [0.29, 0.717) is 11.3 Å². The minimum atomic E-state index is 0.0667. The molecule has 1 aromatic rings. The van der Waals surface area contributed by atoms with E-state index in [0.717, 1.165) is 5.75 Å². The van der Waals surface area contributed by atoms with Crippen LogP contribution in [0.4, 0.5) is 0 Å². The van der Waals surface area contributed by atoms with Gasteiger partial charge in [-0.2, -0.15) is 11.8 Å². The molecule has 0 saturated heterocycles. The van der Waals surface area contributed by atoms with Gasteiger partial charge < -0.3 is 15.7 Å². The summed E-state index contributed by atoms with van der Waals surface area (Å²) in [5, 5.41) is 11.7. The number of amidine groups is 1. The minimum absolute atomic E-state index is 0.0667. The van der Waals surface area contributed by atoms with Gasteiger partial charge in [-0.05, 0) is 29.9 Å². The van der Waals surface area contributed by atoms with Gasteiger partial charge in [-0.25, -0.2) is 0 Å². The third-order valence-electron chi connectivity index (χ3n) is 2.56. The average molecular weight is 268 g/mol. The zero-order valence-corrected chi connectivity index (χ0v) is 11.7. The summed E-state index contributed by atoms with van der Waals surface area (Å²) in [6.45, 7) is 2.19. The van der Waals surface area contributed by atoms with Crippen LogP contribution in [-0.2, 0) is 5.75 Å². The number of hydrogen-bond acceptors (Lipinski definition) is 4. The zero-order chi connectivity index (χ0) is 13.4. The fraction of sp³-hybridized carbons (Fsp3) is 0.462. The average Bonchev–Trinajstić information content (AvgIpc) is 2.42. The number of nitrogens with zero attached hydrogens (tertiary/aromatic N) is 1. The standard InChI is InChI=1S/C13H20N2O2S/c1-3-4-7-18-9-10-5-6-11(13(14)15-16)12(8-10)17-2/h5-6,8,16H,3-4,7,9H2,1-2H3,(H2,14,15). The van der Waals surface area contributed by atoms with Crippen LogP contribution in [-0.4, -0.2) is 23.9 Å². The van der Waals surface area contributed by atoms with Gasteiger partial charge in [0.25, 0.3) is 0 Å². The summed E-state index contributed by atoms with van der Waals surface area (Å²) in [6, 6.07) is 5.74. The molecule has 0 amide bonds. The first-order valence-corrected chi connectivity index (χ1v) is 7.11. The highest BCUT2D eigenvalue weighted by Gasteiger charge is 2.08. The van der Waals surface area contributed by atoms with Crippen molar-refractivity contribution in [2.24, 2.45) is 10.9 Å². The summed E-state index contributed by atoms with van der Waals surface area (Å²) in [5.74, 6) is 2.82. The molecule has 0 unspecified atom stereocenters. The quantitative estimate of drug-likeness (QED) is 0.262. The molecular weight excluding hydrogens is 248 g/mol. The molecular formula is C13H20N2O2S. The van der Waals surface area contributed by atoms with Crippen LogP contribution in [0.15, 0.2) is 23.4 Å². The van der Waals surface area contributed by atoms with Crippen LogP contribution in [0.3, 0.4) is 0 Å². The molecule has 0 heterocycles. The summed E-state index contributed by atoms with van der Waals surface area (Å²) in [7, 11) is 1.58. The highest BCUT2D eigenvalue weighted by Crippen LogP contribution is 2.23. The molecule has 0 aliphatic carbocycles. The van der Waals surface area contributed by atoms with E-state index in [4.69, 9.17) is 15.7 Å². The van der Waals surface area contributed by atoms with Gasteiger partial charge in [0.2, 0.25) is 0 Å². The Morgan fingerprint density at radius 3 is 2.89 bits per heavy atom. The topological polar surface area (TPSA) is 67.8 Å². The summed E-state index contributed by atoms with van der Waals surface area (Å²) in [6.07, 6.45) is 2.46. The maximum absolute atomic E-state index is 8.68. The van der Waals surface area contributed by atoms with Gasteiger partial charge in [-0.15, -0.1) is 0 Å².